The number of carboxylic acid groups (broad SMARTS) is 1. The summed E-state index contributed by atoms with van der Waals surface area (Å²) in [4.78, 5) is 24.2. The van der Waals surface area contributed by atoms with E-state index in [2.05, 4.69) is 13.8 Å². The molecule has 0 saturated heterocycles. The number of Topliss-reactive ketones (excluding diaryl/α,β-unsaturated/α-hetero) is 1. The SMILES string of the molecule is CC(C)(C)OCC(C)(C)SCC(CSC(C)(C)CO)C(=O)c1ccc(C(=O)O)c(F)c1. The van der Waals surface area contributed by atoms with Gasteiger partial charge in [0.25, 0.3) is 0 Å². The molecule has 8 heteroatoms. The third-order valence-corrected chi connectivity index (χ3v) is 7.39. The summed E-state index contributed by atoms with van der Waals surface area (Å²) < 4.78 is 19.4. The number of benzene rings is 1. The maximum absolute atomic E-state index is 14.1. The number of halogens is 1. The van der Waals surface area contributed by atoms with Crippen molar-refractivity contribution in [3.05, 3.63) is 35.1 Å². The van der Waals surface area contributed by atoms with Crippen molar-refractivity contribution in [1.29, 1.82) is 0 Å². The number of carboxylic acids is 1. The lowest BCUT2D eigenvalue weighted by molar-refractivity contribution is -0.0110. The number of ketones is 1. The van der Waals surface area contributed by atoms with Gasteiger partial charge >= 0.3 is 5.97 Å². The molecule has 31 heavy (non-hydrogen) atoms. The number of carbonyl (C=O) groups excluding carboxylic acids is 1. The van der Waals surface area contributed by atoms with E-state index in [0.29, 0.717) is 18.1 Å². The molecule has 0 fully saturated rings. The minimum Gasteiger partial charge on any atom is -0.478 e. The molecule has 1 aromatic rings. The number of hydrogen-bond acceptors (Lipinski definition) is 6. The van der Waals surface area contributed by atoms with Crippen LogP contribution in [0.5, 0.6) is 0 Å². The van der Waals surface area contributed by atoms with Gasteiger partial charge < -0.3 is 14.9 Å². The smallest absolute Gasteiger partial charge is 0.338 e. The lowest BCUT2D eigenvalue weighted by Crippen LogP contribution is -2.32. The Hall–Kier alpha value is -1.09. The Morgan fingerprint density at radius 2 is 1.58 bits per heavy atom. The Morgan fingerprint density at radius 1 is 1.03 bits per heavy atom. The fraction of sp³-hybridized carbons (Fsp3) is 0.652. The van der Waals surface area contributed by atoms with Gasteiger partial charge in [0.1, 0.15) is 5.82 Å². The van der Waals surface area contributed by atoms with Crippen molar-refractivity contribution in [2.75, 3.05) is 24.7 Å². The van der Waals surface area contributed by atoms with Gasteiger partial charge in [0.2, 0.25) is 0 Å². The molecule has 1 aromatic carbocycles. The van der Waals surface area contributed by atoms with Gasteiger partial charge in [-0.05, 0) is 60.6 Å². The molecule has 0 heterocycles. The van der Waals surface area contributed by atoms with Crippen molar-refractivity contribution in [1.82, 2.24) is 0 Å². The lowest BCUT2D eigenvalue weighted by atomic mass is 9.99. The molecule has 0 radical (unpaired) electrons. The molecule has 1 unspecified atom stereocenters. The van der Waals surface area contributed by atoms with Gasteiger partial charge in [-0.25, -0.2) is 9.18 Å². The summed E-state index contributed by atoms with van der Waals surface area (Å²) in [5, 5.41) is 18.6. The second-order valence-electron chi connectivity index (χ2n) is 9.76. The van der Waals surface area contributed by atoms with Crippen LogP contribution in [0.1, 0.15) is 69.2 Å². The minimum absolute atomic E-state index is 0.0292. The predicted octanol–water partition coefficient (Wildman–Crippen LogP) is 5.15. The Bertz CT molecular complexity index is 772. The van der Waals surface area contributed by atoms with Gasteiger partial charge in [0.05, 0.1) is 24.4 Å². The van der Waals surface area contributed by atoms with Crippen molar-refractivity contribution in [3.8, 4) is 0 Å². The molecule has 0 bridgehead atoms. The molecular formula is C23H35FO5S2. The number of aliphatic hydroxyl groups is 1. The van der Waals surface area contributed by atoms with Gasteiger partial charge in [0.15, 0.2) is 5.78 Å². The van der Waals surface area contributed by atoms with Crippen LogP contribution in [0.2, 0.25) is 0 Å². The highest BCUT2D eigenvalue weighted by atomic mass is 32.2. The van der Waals surface area contributed by atoms with E-state index in [1.807, 2.05) is 34.6 Å². The van der Waals surface area contributed by atoms with Gasteiger partial charge in [-0.3, -0.25) is 4.79 Å². The van der Waals surface area contributed by atoms with Crippen molar-refractivity contribution < 1.29 is 28.9 Å². The molecule has 0 spiro atoms. The number of hydrogen-bond donors (Lipinski definition) is 2. The standard InChI is InChI=1S/C23H35FO5S2/c1-21(2,3)29-14-23(6,7)31-12-16(11-30-22(4,5)13-25)19(26)15-8-9-17(20(27)28)18(24)10-15/h8-10,16,25H,11-14H2,1-7H3,(H,27,28). The van der Waals surface area contributed by atoms with E-state index in [-0.39, 0.29) is 28.3 Å². The van der Waals surface area contributed by atoms with E-state index in [9.17, 15) is 19.1 Å². The zero-order chi connectivity index (χ0) is 24.0. The van der Waals surface area contributed by atoms with Crippen LogP contribution in [0.3, 0.4) is 0 Å². The molecular weight excluding hydrogens is 439 g/mol. The van der Waals surface area contributed by atoms with E-state index in [4.69, 9.17) is 9.84 Å². The number of aliphatic hydroxyl groups excluding tert-OH is 1. The molecule has 1 rings (SSSR count). The maximum Gasteiger partial charge on any atom is 0.338 e. The summed E-state index contributed by atoms with van der Waals surface area (Å²) in [6, 6.07) is 3.49. The molecule has 0 aliphatic heterocycles. The first kappa shape index (κ1) is 27.9. The molecule has 0 saturated carbocycles. The zero-order valence-electron chi connectivity index (χ0n) is 19.5. The number of carbonyl (C=O) groups is 2. The normalized spacial score (nSPS) is 13.8. The van der Waals surface area contributed by atoms with E-state index < -0.39 is 28.0 Å². The molecule has 0 amide bonds. The summed E-state index contributed by atoms with van der Waals surface area (Å²) in [5.41, 5.74) is -0.574. The third-order valence-electron chi connectivity index (χ3n) is 4.44. The van der Waals surface area contributed by atoms with Crippen LogP contribution in [-0.2, 0) is 4.74 Å². The van der Waals surface area contributed by atoms with Gasteiger partial charge in [-0.2, -0.15) is 23.5 Å². The Balaban J connectivity index is 3.01. The van der Waals surface area contributed by atoms with Gasteiger partial charge in [-0.15, -0.1) is 0 Å². The van der Waals surface area contributed by atoms with E-state index in [0.717, 1.165) is 12.1 Å². The van der Waals surface area contributed by atoms with Crippen LogP contribution in [0, 0.1) is 11.7 Å². The summed E-state index contributed by atoms with van der Waals surface area (Å²) in [6.45, 7) is 14.4. The van der Waals surface area contributed by atoms with E-state index in [1.165, 1.54) is 17.8 Å². The average molecular weight is 475 g/mol. The fourth-order valence-corrected chi connectivity index (χ4v) is 4.63. The largest absolute Gasteiger partial charge is 0.478 e. The molecule has 176 valence electrons. The zero-order valence-corrected chi connectivity index (χ0v) is 21.1. The molecule has 0 aromatic heterocycles. The van der Waals surface area contributed by atoms with Crippen LogP contribution in [0.25, 0.3) is 0 Å². The highest BCUT2D eigenvalue weighted by molar-refractivity contribution is 8.01. The first-order chi connectivity index (χ1) is 14.1. The average Bonchev–Trinajstić information content (AvgIpc) is 2.65. The number of rotatable bonds is 12. The van der Waals surface area contributed by atoms with Crippen molar-refractivity contribution in [3.63, 3.8) is 0 Å². The lowest BCUT2D eigenvalue weighted by Gasteiger charge is -2.31. The van der Waals surface area contributed by atoms with Crippen molar-refractivity contribution in [2.24, 2.45) is 5.92 Å². The first-order valence-electron chi connectivity index (χ1n) is 10.2. The van der Waals surface area contributed by atoms with Crippen molar-refractivity contribution in [2.45, 2.75) is 63.6 Å². The van der Waals surface area contributed by atoms with Gasteiger partial charge in [0, 0.05) is 32.5 Å². The van der Waals surface area contributed by atoms with E-state index >= 15 is 0 Å². The highest BCUT2D eigenvalue weighted by Gasteiger charge is 2.29. The molecule has 0 aliphatic carbocycles. The molecule has 5 nitrogen and oxygen atoms in total. The number of aromatic carboxylic acids is 1. The number of ether oxygens (including phenoxy) is 1. The van der Waals surface area contributed by atoms with Crippen molar-refractivity contribution >= 4 is 35.3 Å². The Labute approximate surface area is 193 Å². The second kappa shape index (κ2) is 11.2. The second-order valence-corrected chi connectivity index (χ2v) is 13.2. The Morgan fingerprint density at radius 3 is 2.03 bits per heavy atom. The summed E-state index contributed by atoms with van der Waals surface area (Å²) in [6.07, 6.45) is 0. The van der Waals surface area contributed by atoms with Crippen LogP contribution in [0.4, 0.5) is 4.39 Å². The highest BCUT2D eigenvalue weighted by Crippen LogP contribution is 2.33. The summed E-state index contributed by atoms with van der Waals surface area (Å²) in [5.74, 6) is -2.01. The molecule has 2 N–H and O–H groups in total. The van der Waals surface area contributed by atoms with Gasteiger partial charge in [-0.1, -0.05) is 6.07 Å². The third kappa shape index (κ3) is 9.93. The first-order valence-corrected chi connectivity index (χ1v) is 12.1. The van der Waals surface area contributed by atoms with Crippen LogP contribution in [0.15, 0.2) is 18.2 Å². The van der Waals surface area contributed by atoms with Crippen LogP contribution in [-0.4, -0.2) is 61.8 Å². The minimum atomic E-state index is -1.37. The van der Waals surface area contributed by atoms with Crippen LogP contribution < -0.4 is 0 Å². The fourth-order valence-electron chi connectivity index (χ4n) is 2.41. The topological polar surface area (TPSA) is 83.8 Å². The quantitative estimate of drug-likeness (QED) is 0.405. The molecule has 0 aliphatic rings. The monoisotopic (exact) mass is 474 g/mol. The van der Waals surface area contributed by atoms with Crippen LogP contribution >= 0.6 is 23.5 Å². The predicted molar refractivity (Wildman–Crippen MR) is 127 cm³/mol. The maximum atomic E-state index is 14.1. The summed E-state index contributed by atoms with van der Waals surface area (Å²) >= 11 is 3.10. The van der Waals surface area contributed by atoms with E-state index in [1.54, 1.807) is 11.8 Å². The summed E-state index contributed by atoms with van der Waals surface area (Å²) in [7, 11) is 0. The number of thioether (sulfide) groups is 2. The Kier molecular flexibility index (Phi) is 10.1. The molecule has 1 atom stereocenters.